The van der Waals surface area contributed by atoms with E-state index >= 15 is 0 Å². The van der Waals surface area contributed by atoms with Crippen molar-refractivity contribution >= 4 is 57.7 Å². The van der Waals surface area contributed by atoms with Gasteiger partial charge in [0.1, 0.15) is 6.61 Å². The van der Waals surface area contributed by atoms with E-state index in [0.717, 1.165) is 20.4 Å². The molecule has 0 N–H and O–H groups in total. The van der Waals surface area contributed by atoms with Crippen molar-refractivity contribution < 1.29 is 9.47 Å². The van der Waals surface area contributed by atoms with Crippen molar-refractivity contribution in [1.29, 1.82) is 0 Å². The smallest absolute Gasteiger partial charge is 0.174 e. The van der Waals surface area contributed by atoms with E-state index in [1.807, 2.05) is 48.7 Å². The highest BCUT2D eigenvalue weighted by atomic mass is 127. The van der Waals surface area contributed by atoms with Crippen LogP contribution in [0.25, 0.3) is 0 Å². The van der Waals surface area contributed by atoms with Crippen molar-refractivity contribution in [1.82, 2.24) is 0 Å². The molecule has 0 aromatic heterocycles. The first-order valence-electron chi connectivity index (χ1n) is 8.51. The minimum absolute atomic E-state index is 0.319. The Balaban J connectivity index is 1.80. The lowest BCUT2D eigenvalue weighted by Crippen LogP contribution is -2.01. The van der Waals surface area contributed by atoms with Gasteiger partial charge >= 0.3 is 0 Å². The fraction of sp³-hybridized carbons (Fsp3) is 0.136. The number of benzene rings is 3. The summed E-state index contributed by atoms with van der Waals surface area (Å²) in [7, 11) is 1.62. The Bertz CT molecular complexity index is 1000. The van der Waals surface area contributed by atoms with E-state index < -0.39 is 0 Å². The Kier molecular flexibility index (Phi) is 7.21. The molecule has 0 spiro atoms. The summed E-state index contributed by atoms with van der Waals surface area (Å²) in [4.78, 5) is 4.52. The van der Waals surface area contributed by atoms with Gasteiger partial charge in [0, 0.05) is 21.8 Å². The Morgan fingerprint density at radius 2 is 1.79 bits per heavy atom. The molecule has 0 aliphatic rings. The third-order valence-corrected chi connectivity index (χ3v) is 5.42. The van der Waals surface area contributed by atoms with Crippen LogP contribution in [0, 0.1) is 10.5 Å². The summed E-state index contributed by atoms with van der Waals surface area (Å²) in [5.74, 6) is 1.31. The van der Waals surface area contributed by atoms with Crippen LogP contribution in [-0.4, -0.2) is 13.3 Å². The molecule has 144 valence electrons. The SMILES string of the molecule is COc1cc(C=Nc2ccc(C)cc2)cc(I)c1OCc1ccc(Cl)cc1Cl. The molecule has 0 fully saturated rings. The molecule has 0 heterocycles. The van der Waals surface area contributed by atoms with Gasteiger partial charge in [-0.2, -0.15) is 0 Å². The van der Waals surface area contributed by atoms with E-state index in [1.165, 1.54) is 5.56 Å². The second kappa shape index (κ2) is 9.63. The van der Waals surface area contributed by atoms with Crippen LogP contribution in [0.15, 0.2) is 59.6 Å². The van der Waals surface area contributed by atoms with Gasteiger partial charge in [-0.3, -0.25) is 4.99 Å². The van der Waals surface area contributed by atoms with Crippen LogP contribution in [0.2, 0.25) is 10.0 Å². The zero-order chi connectivity index (χ0) is 20.1. The molecule has 0 radical (unpaired) electrons. The van der Waals surface area contributed by atoms with E-state index in [0.29, 0.717) is 28.2 Å². The highest BCUT2D eigenvalue weighted by Gasteiger charge is 2.12. The van der Waals surface area contributed by atoms with E-state index in [2.05, 4.69) is 34.5 Å². The predicted octanol–water partition coefficient (Wildman–Crippen LogP) is 7.24. The quantitative estimate of drug-likeness (QED) is 0.251. The Morgan fingerprint density at radius 1 is 1.04 bits per heavy atom. The number of halogens is 3. The van der Waals surface area contributed by atoms with Crippen LogP contribution in [0.1, 0.15) is 16.7 Å². The molecule has 0 aliphatic heterocycles. The predicted molar refractivity (Wildman–Crippen MR) is 125 cm³/mol. The Labute approximate surface area is 188 Å². The molecule has 0 unspecified atom stereocenters. The summed E-state index contributed by atoms with van der Waals surface area (Å²) in [5, 5.41) is 1.17. The molecule has 0 aliphatic carbocycles. The zero-order valence-electron chi connectivity index (χ0n) is 15.4. The fourth-order valence-corrected chi connectivity index (χ4v) is 3.77. The van der Waals surface area contributed by atoms with E-state index in [-0.39, 0.29) is 0 Å². The largest absolute Gasteiger partial charge is 0.493 e. The van der Waals surface area contributed by atoms with Gasteiger partial charge in [0.2, 0.25) is 0 Å². The lowest BCUT2D eigenvalue weighted by atomic mass is 10.2. The lowest BCUT2D eigenvalue weighted by molar-refractivity contribution is 0.282. The number of nitrogens with zero attached hydrogens (tertiary/aromatic N) is 1. The molecule has 0 amide bonds. The molecule has 3 aromatic carbocycles. The average Bonchev–Trinajstić information content (AvgIpc) is 2.67. The second-order valence-electron chi connectivity index (χ2n) is 6.15. The van der Waals surface area contributed by atoms with E-state index in [9.17, 15) is 0 Å². The van der Waals surface area contributed by atoms with Crippen LogP contribution >= 0.6 is 45.8 Å². The van der Waals surface area contributed by atoms with Gasteiger partial charge in [-0.15, -0.1) is 0 Å². The van der Waals surface area contributed by atoms with Gasteiger partial charge in [-0.1, -0.05) is 47.0 Å². The number of rotatable bonds is 6. The van der Waals surface area contributed by atoms with E-state index in [1.54, 1.807) is 19.2 Å². The van der Waals surface area contributed by atoms with Gasteiger partial charge < -0.3 is 9.47 Å². The summed E-state index contributed by atoms with van der Waals surface area (Å²) >= 11 is 14.4. The summed E-state index contributed by atoms with van der Waals surface area (Å²) in [6.07, 6.45) is 1.81. The molecule has 0 atom stereocenters. The zero-order valence-corrected chi connectivity index (χ0v) is 19.0. The lowest BCUT2D eigenvalue weighted by Gasteiger charge is -2.14. The first-order chi connectivity index (χ1) is 13.5. The molecule has 6 heteroatoms. The number of methoxy groups -OCH3 is 1. The van der Waals surface area contributed by atoms with Crippen molar-refractivity contribution in [3.8, 4) is 11.5 Å². The molecule has 0 bridgehead atoms. The van der Waals surface area contributed by atoms with Gasteiger partial charge in [0.15, 0.2) is 11.5 Å². The first-order valence-corrected chi connectivity index (χ1v) is 10.3. The van der Waals surface area contributed by atoms with Crippen LogP contribution in [0.4, 0.5) is 5.69 Å². The normalized spacial score (nSPS) is 11.0. The molecular formula is C22H18Cl2INO2. The number of aryl methyl sites for hydroxylation is 1. The molecule has 28 heavy (non-hydrogen) atoms. The van der Waals surface area contributed by atoms with E-state index in [4.69, 9.17) is 32.7 Å². The maximum Gasteiger partial charge on any atom is 0.174 e. The maximum atomic E-state index is 6.23. The minimum Gasteiger partial charge on any atom is -0.493 e. The van der Waals surface area contributed by atoms with Crippen LogP contribution in [0.3, 0.4) is 0 Å². The molecule has 3 nitrogen and oxygen atoms in total. The topological polar surface area (TPSA) is 30.8 Å². The number of hydrogen-bond acceptors (Lipinski definition) is 3. The molecular weight excluding hydrogens is 508 g/mol. The number of aliphatic imine (C=N–C) groups is 1. The van der Waals surface area contributed by atoms with Crippen LogP contribution in [-0.2, 0) is 6.61 Å². The summed E-state index contributed by atoms with van der Waals surface area (Å²) in [6, 6.07) is 17.3. The maximum absolute atomic E-state index is 6.23. The number of ether oxygens (including phenoxy) is 2. The Morgan fingerprint density at radius 3 is 2.46 bits per heavy atom. The highest BCUT2D eigenvalue weighted by molar-refractivity contribution is 14.1. The fourth-order valence-electron chi connectivity index (χ4n) is 2.52. The summed E-state index contributed by atoms with van der Waals surface area (Å²) in [6.45, 7) is 2.37. The number of hydrogen-bond donors (Lipinski definition) is 0. The minimum atomic E-state index is 0.319. The van der Waals surface area contributed by atoms with Gasteiger partial charge in [0.25, 0.3) is 0 Å². The van der Waals surface area contributed by atoms with Gasteiger partial charge in [0.05, 0.1) is 16.4 Å². The molecule has 3 rings (SSSR count). The summed E-state index contributed by atoms with van der Waals surface area (Å²) in [5.41, 5.74) is 3.89. The molecule has 0 saturated heterocycles. The first kappa shape index (κ1) is 21.0. The monoisotopic (exact) mass is 525 g/mol. The molecule has 0 saturated carbocycles. The van der Waals surface area contributed by atoms with Crippen LogP contribution < -0.4 is 9.47 Å². The standard InChI is InChI=1S/C22H18Cl2INO2/c1-14-3-7-18(8-4-14)26-12-15-9-20(25)22(21(10-15)27-2)28-13-16-5-6-17(23)11-19(16)24/h3-12H,13H2,1-2H3. The Hall–Kier alpha value is -1.76. The highest BCUT2D eigenvalue weighted by Crippen LogP contribution is 2.35. The van der Waals surface area contributed by atoms with Crippen molar-refractivity contribution in [3.05, 3.63) is 84.9 Å². The van der Waals surface area contributed by atoms with Crippen molar-refractivity contribution in [2.24, 2.45) is 4.99 Å². The second-order valence-corrected chi connectivity index (χ2v) is 8.16. The third-order valence-electron chi connectivity index (χ3n) is 4.04. The van der Waals surface area contributed by atoms with Crippen molar-refractivity contribution in [2.45, 2.75) is 13.5 Å². The van der Waals surface area contributed by atoms with Crippen molar-refractivity contribution in [2.75, 3.05) is 7.11 Å². The van der Waals surface area contributed by atoms with Gasteiger partial charge in [-0.25, -0.2) is 0 Å². The molecule has 3 aromatic rings. The third kappa shape index (κ3) is 5.40. The van der Waals surface area contributed by atoms with Gasteiger partial charge in [-0.05, 0) is 71.5 Å². The summed E-state index contributed by atoms with van der Waals surface area (Å²) < 4.78 is 12.4. The van der Waals surface area contributed by atoms with Crippen LogP contribution in [0.5, 0.6) is 11.5 Å². The van der Waals surface area contributed by atoms with Crippen molar-refractivity contribution in [3.63, 3.8) is 0 Å². The average molecular weight is 526 g/mol.